The molecule has 0 unspecified atom stereocenters. The summed E-state index contributed by atoms with van der Waals surface area (Å²) in [6.07, 6.45) is 2.85. The first-order valence-electron chi connectivity index (χ1n) is 8.87. The number of ketones is 1. The number of benzene rings is 2. The molecular formula is C21H15F4NO4. The van der Waals surface area contributed by atoms with Crippen molar-refractivity contribution in [2.75, 3.05) is 19.6 Å². The summed E-state index contributed by atoms with van der Waals surface area (Å²) in [4.78, 5) is 13.9. The molecule has 0 aromatic heterocycles. The molecule has 1 fully saturated rings. The van der Waals surface area contributed by atoms with Gasteiger partial charge in [0, 0.05) is 24.7 Å². The van der Waals surface area contributed by atoms with Crippen molar-refractivity contribution >= 4 is 5.78 Å². The van der Waals surface area contributed by atoms with E-state index in [1.807, 2.05) is 0 Å². The van der Waals surface area contributed by atoms with Gasteiger partial charge < -0.3 is 14.9 Å². The Balaban J connectivity index is 1.44. The van der Waals surface area contributed by atoms with Crippen molar-refractivity contribution in [3.05, 3.63) is 82.6 Å². The maximum atomic E-state index is 13.7. The summed E-state index contributed by atoms with van der Waals surface area (Å²) >= 11 is 0. The summed E-state index contributed by atoms with van der Waals surface area (Å²) in [5, 5.41) is 19.9. The topological polar surface area (TPSA) is 70.0 Å². The van der Waals surface area contributed by atoms with Gasteiger partial charge in [-0.15, -0.1) is 0 Å². The molecule has 2 aliphatic rings. The number of carbonyl (C=O) groups excluding carboxylic acids is 1. The SMILES string of the molecule is O=C(CN1CC2=CC(Oc3ccc(F)cc3F)=C[C@]2(O)C1)c1cc(F)c(O)c(F)c1. The number of aliphatic hydroxyl groups is 1. The highest BCUT2D eigenvalue weighted by atomic mass is 19.1. The maximum absolute atomic E-state index is 13.7. The summed E-state index contributed by atoms with van der Waals surface area (Å²) in [5.74, 6) is -5.89. The zero-order chi connectivity index (χ0) is 21.6. The number of halogens is 4. The number of Topliss-reactive ketones (excluding diaryl/α,β-unsaturated/α-hetero) is 1. The van der Waals surface area contributed by atoms with Crippen LogP contribution in [0.15, 0.2) is 53.8 Å². The van der Waals surface area contributed by atoms with E-state index < -0.39 is 40.4 Å². The number of rotatable bonds is 5. The quantitative estimate of drug-likeness (QED) is 0.574. The van der Waals surface area contributed by atoms with E-state index in [0.29, 0.717) is 11.6 Å². The second-order valence-electron chi connectivity index (χ2n) is 7.17. The molecule has 1 heterocycles. The number of hydrogen-bond acceptors (Lipinski definition) is 5. The van der Waals surface area contributed by atoms with Gasteiger partial charge in [0.15, 0.2) is 34.7 Å². The molecule has 1 atom stereocenters. The van der Waals surface area contributed by atoms with E-state index in [2.05, 4.69) is 0 Å². The van der Waals surface area contributed by atoms with Crippen LogP contribution in [0.4, 0.5) is 17.6 Å². The molecule has 156 valence electrons. The number of phenols is 1. The lowest BCUT2D eigenvalue weighted by Gasteiger charge is -2.18. The summed E-state index contributed by atoms with van der Waals surface area (Å²) in [6, 6.07) is 4.33. The molecule has 30 heavy (non-hydrogen) atoms. The molecule has 4 rings (SSSR count). The highest BCUT2D eigenvalue weighted by Gasteiger charge is 2.43. The summed E-state index contributed by atoms with van der Waals surface area (Å²) < 4.78 is 59.0. The first-order valence-corrected chi connectivity index (χ1v) is 8.87. The minimum atomic E-state index is -1.45. The van der Waals surface area contributed by atoms with Gasteiger partial charge in [-0.25, -0.2) is 17.6 Å². The number of fused-ring (bicyclic) bond motifs is 1. The largest absolute Gasteiger partial charge is 0.503 e. The third kappa shape index (κ3) is 3.69. The molecular weight excluding hydrogens is 406 g/mol. The van der Waals surface area contributed by atoms with Gasteiger partial charge in [-0.2, -0.15) is 0 Å². The Morgan fingerprint density at radius 2 is 1.80 bits per heavy atom. The lowest BCUT2D eigenvalue weighted by atomic mass is 10.0. The molecule has 2 aromatic rings. The second kappa shape index (κ2) is 7.26. The van der Waals surface area contributed by atoms with Crippen molar-refractivity contribution in [3.8, 4) is 11.5 Å². The van der Waals surface area contributed by atoms with Crippen LogP contribution in [0.2, 0.25) is 0 Å². The number of nitrogens with zero attached hydrogens (tertiary/aromatic N) is 1. The first-order chi connectivity index (χ1) is 14.1. The van der Waals surface area contributed by atoms with Gasteiger partial charge in [0.2, 0.25) is 0 Å². The normalized spacial score (nSPS) is 20.7. The van der Waals surface area contributed by atoms with Crippen molar-refractivity contribution in [3.63, 3.8) is 0 Å². The number of allylic oxidation sites excluding steroid dienone is 1. The van der Waals surface area contributed by atoms with E-state index in [4.69, 9.17) is 9.84 Å². The van der Waals surface area contributed by atoms with Gasteiger partial charge in [0.05, 0.1) is 6.54 Å². The Bertz CT molecular complexity index is 1090. The molecule has 0 saturated carbocycles. The molecule has 0 radical (unpaired) electrons. The van der Waals surface area contributed by atoms with E-state index in [-0.39, 0.29) is 36.7 Å². The first kappa shape index (κ1) is 20.1. The Hall–Kier alpha value is -3.17. The third-order valence-corrected chi connectivity index (χ3v) is 4.94. The smallest absolute Gasteiger partial charge is 0.187 e. The van der Waals surface area contributed by atoms with Crippen LogP contribution < -0.4 is 4.74 Å². The summed E-state index contributed by atoms with van der Waals surface area (Å²) in [7, 11) is 0. The average molecular weight is 421 g/mol. The Labute approximate surface area is 168 Å². The fourth-order valence-corrected chi connectivity index (χ4v) is 3.51. The average Bonchev–Trinajstić information content (AvgIpc) is 3.11. The highest BCUT2D eigenvalue weighted by Crippen LogP contribution is 2.36. The number of ether oxygens (including phenoxy) is 1. The zero-order valence-electron chi connectivity index (χ0n) is 15.3. The van der Waals surface area contributed by atoms with Crippen molar-refractivity contribution < 1.29 is 37.3 Å². The number of β-amino-alcohol motifs (C(OH)–C–C–N with tert-alkyl or cyclic N) is 1. The zero-order valence-corrected chi connectivity index (χ0v) is 15.3. The van der Waals surface area contributed by atoms with Crippen molar-refractivity contribution in [1.29, 1.82) is 0 Å². The van der Waals surface area contributed by atoms with Crippen LogP contribution in [0.5, 0.6) is 11.5 Å². The molecule has 0 spiro atoms. The van der Waals surface area contributed by atoms with E-state index in [0.717, 1.165) is 24.3 Å². The van der Waals surface area contributed by atoms with Crippen LogP contribution in [0.3, 0.4) is 0 Å². The fourth-order valence-electron chi connectivity index (χ4n) is 3.51. The lowest BCUT2D eigenvalue weighted by molar-refractivity contribution is 0.0900. The van der Waals surface area contributed by atoms with Crippen molar-refractivity contribution in [2.24, 2.45) is 0 Å². The Kier molecular flexibility index (Phi) is 4.87. The van der Waals surface area contributed by atoms with E-state index in [1.54, 1.807) is 4.90 Å². The molecule has 1 saturated heterocycles. The van der Waals surface area contributed by atoms with Gasteiger partial charge in [-0.05, 0) is 42.0 Å². The van der Waals surface area contributed by atoms with Crippen LogP contribution in [0.25, 0.3) is 0 Å². The van der Waals surface area contributed by atoms with Gasteiger partial charge >= 0.3 is 0 Å². The van der Waals surface area contributed by atoms with Crippen molar-refractivity contribution in [1.82, 2.24) is 4.90 Å². The minimum Gasteiger partial charge on any atom is -0.503 e. The van der Waals surface area contributed by atoms with E-state index in [9.17, 15) is 27.5 Å². The molecule has 1 aliphatic heterocycles. The minimum absolute atomic E-state index is 0.00633. The standard InChI is InChI=1S/C21H15F4NO4/c22-13-1-2-19(15(23)6-13)30-14-5-12-8-26(10-21(12,29)7-14)9-18(27)11-3-16(24)20(28)17(25)4-11/h1-7,28-29H,8-10H2/t21-/m0/s1. The van der Waals surface area contributed by atoms with Crippen molar-refractivity contribution in [2.45, 2.75) is 5.60 Å². The van der Waals surface area contributed by atoms with Crippen LogP contribution in [-0.4, -0.2) is 46.1 Å². The van der Waals surface area contributed by atoms with Crippen LogP contribution >= 0.6 is 0 Å². The Morgan fingerprint density at radius 1 is 1.10 bits per heavy atom. The van der Waals surface area contributed by atoms with Gasteiger partial charge in [0.1, 0.15) is 17.2 Å². The van der Waals surface area contributed by atoms with Gasteiger partial charge in [-0.1, -0.05) is 0 Å². The van der Waals surface area contributed by atoms with Gasteiger partial charge in [-0.3, -0.25) is 9.69 Å². The van der Waals surface area contributed by atoms with Crippen LogP contribution in [0, 0.1) is 23.3 Å². The van der Waals surface area contributed by atoms with Gasteiger partial charge in [0.25, 0.3) is 0 Å². The number of likely N-dealkylation sites (tertiary alicyclic amines) is 1. The predicted octanol–water partition coefficient (Wildman–Crippen LogP) is 3.08. The molecule has 1 aliphatic carbocycles. The Morgan fingerprint density at radius 3 is 2.43 bits per heavy atom. The number of phenolic OH excluding ortho intramolecular Hbond substituents is 1. The molecule has 9 heteroatoms. The summed E-state index contributed by atoms with van der Waals surface area (Å²) in [6.45, 7) is -0.0488. The highest BCUT2D eigenvalue weighted by molar-refractivity contribution is 5.97. The predicted molar refractivity (Wildman–Crippen MR) is 96.9 cm³/mol. The molecule has 0 bridgehead atoms. The second-order valence-corrected chi connectivity index (χ2v) is 7.17. The number of hydrogen-bond donors (Lipinski definition) is 2. The molecule has 0 amide bonds. The number of carbonyl (C=O) groups is 1. The number of aromatic hydroxyl groups is 1. The van der Waals surface area contributed by atoms with Crippen LogP contribution in [-0.2, 0) is 0 Å². The van der Waals surface area contributed by atoms with E-state index >= 15 is 0 Å². The lowest BCUT2D eigenvalue weighted by Crippen LogP contribution is -2.34. The monoisotopic (exact) mass is 421 g/mol. The third-order valence-electron chi connectivity index (χ3n) is 4.94. The fraction of sp³-hybridized carbons (Fsp3) is 0.190. The maximum Gasteiger partial charge on any atom is 0.187 e. The molecule has 2 N–H and O–H groups in total. The molecule has 5 nitrogen and oxygen atoms in total. The van der Waals surface area contributed by atoms with Crippen LogP contribution in [0.1, 0.15) is 10.4 Å². The molecule has 2 aromatic carbocycles. The van der Waals surface area contributed by atoms with E-state index in [1.165, 1.54) is 12.2 Å². The summed E-state index contributed by atoms with van der Waals surface area (Å²) in [5.41, 5.74) is -1.19.